The highest BCUT2D eigenvalue weighted by Crippen LogP contribution is 2.34. The number of anilines is 1. The predicted molar refractivity (Wildman–Crippen MR) is 85.5 cm³/mol. The van der Waals surface area contributed by atoms with Gasteiger partial charge in [-0.2, -0.15) is 0 Å². The number of likely N-dealkylation sites (tertiary alicyclic amines) is 1. The molecule has 2 rings (SSSR count). The Kier molecular flexibility index (Phi) is 5.37. The van der Waals surface area contributed by atoms with Crippen molar-refractivity contribution in [2.45, 2.75) is 12.8 Å². The largest absolute Gasteiger partial charge is 0.495 e. The van der Waals surface area contributed by atoms with E-state index in [1.165, 1.54) is 19.2 Å². The molecule has 0 radical (unpaired) electrons. The van der Waals surface area contributed by atoms with Gasteiger partial charge in [-0.3, -0.25) is 4.79 Å². The van der Waals surface area contributed by atoms with Crippen LogP contribution in [0.25, 0.3) is 0 Å². The van der Waals surface area contributed by atoms with Crippen molar-refractivity contribution in [1.82, 2.24) is 4.90 Å². The van der Waals surface area contributed by atoms with Gasteiger partial charge in [-0.05, 0) is 18.9 Å². The molecule has 120 valence electrons. The number of hydrogen-bond donors (Lipinski definition) is 2. The summed E-state index contributed by atoms with van der Waals surface area (Å²) in [5.41, 5.74) is 5.73. The van der Waals surface area contributed by atoms with Crippen molar-refractivity contribution in [1.29, 1.82) is 0 Å². The summed E-state index contributed by atoms with van der Waals surface area (Å²) in [6.45, 7) is 0.879. The third-order valence-corrected chi connectivity index (χ3v) is 4.32. The topological polar surface area (TPSA) is 84.7 Å². The van der Waals surface area contributed by atoms with Crippen LogP contribution in [0.3, 0.4) is 0 Å². The quantitative estimate of drug-likeness (QED) is 0.883. The summed E-state index contributed by atoms with van der Waals surface area (Å²) in [6.07, 6.45) is 1.44. The number of hydrogen-bond acceptors (Lipinski definition) is 3. The van der Waals surface area contributed by atoms with E-state index in [2.05, 4.69) is 5.32 Å². The maximum atomic E-state index is 12.3. The minimum atomic E-state index is -0.385. The Morgan fingerprint density at radius 3 is 2.68 bits per heavy atom. The van der Waals surface area contributed by atoms with Gasteiger partial charge >= 0.3 is 6.03 Å². The second kappa shape index (κ2) is 7.07. The molecule has 1 aromatic rings. The fourth-order valence-electron chi connectivity index (χ4n) is 2.38. The summed E-state index contributed by atoms with van der Waals surface area (Å²) in [5.74, 6) is -0.286. The first-order valence-corrected chi connectivity index (χ1v) is 7.56. The average molecular weight is 346 g/mol. The van der Waals surface area contributed by atoms with Gasteiger partial charge in [0.25, 0.3) is 0 Å². The number of benzene rings is 1. The fourth-order valence-corrected chi connectivity index (χ4v) is 2.70. The number of halogens is 2. The van der Waals surface area contributed by atoms with Crippen molar-refractivity contribution in [3.8, 4) is 5.75 Å². The summed E-state index contributed by atoms with van der Waals surface area (Å²) < 4.78 is 5.18. The van der Waals surface area contributed by atoms with Crippen molar-refractivity contribution >= 4 is 40.8 Å². The Morgan fingerprint density at radius 2 is 2.05 bits per heavy atom. The summed E-state index contributed by atoms with van der Waals surface area (Å²) in [6, 6.07) is 2.72. The maximum Gasteiger partial charge on any atom is 0.321 e. The third-order valence-electron chi connectivity index (χ3n) is 3.59. The van der Waals surface area contributed by atoms with Gasteiger partial charge in [-0.25, -0.2) is 4.79 Å². The minimum absolute atomic E-state index is 0.310. The Bertz CT molecular complexity index is 595. The SMILES string of the molecule is COc1cc(Cl)c(Cl)cc1NC(=O)N1CCC[C@H](C(N)=O)C1. The molecular formula is C14H17Cl2N3O3. The normalized spacial score (nSPS) is 18.0. The van der Waals surface area contributed by atoms with Crippen LogP contribution in [0.5, 0.6) is 5.75 Å². The van der Waals surface area contributed by atoms with Gasteiger partial charge < -0.3 is 20.7 Å². The molecule has 0 aromatic heterocycles. The lowest BCUT2D eigenvalue weighted by molar-refractivity contribution is -0.123. The maximum absolute atomic E-state index is 12.3. The van der Waals surface area contributed by atoms with E-state index < -0.39 is 0 Å². The van der Waals surface area contributed by atoms with Crippen molar-refractivity contribution in [2.75, 3.05) is 25.5 Å². The molecule has 0 saturated carbocycles. The number of ether oxygens (including phenoxy) is 1. The molecule has 1 aliphatic rings. The van der Waals surface area contributed by atoms with Gasteiger partial charge in [0.05, 0.1) is 28.8 Å². The summed E-state index contributed by atoms with van der Waals surface area (Å²) in [7, 11) is 1.47. The Morgan fingerprint density at radius 1 is 1.36 bits per heavy atom. The van der Waals surface area contributed by atoms with Gasteiger partial charge in [0, 0.05) is 19.2 Å². The molecular weight excluding hydrogens is 329 g/mol. The first kappa shape index (κ1) is 16.7. The Hall–Kier alpha value is -1.66. The molecule has 0 unspecified atom stereocenters. The highest BCUT2D eigenvalue weighted by Gasteiger charge is 2.27. The number of amides is 3. The van der Waals surface area contributed by atoms with Crippen molar-refractivity contribution in [3.63, 3.8) is 0 Å². The highest BCUT2D eigenvalue weighted by atomic mass is 35.5. The van der Waals surface area contributed by atoms with Gasteiger partial charge in [0.15, 0.2) is 0 Å². The minimum Gasteiger partial charge on any atom is -0.495 e. The van der Waals surface area contributed by atoms with E-state index in [9.17, 15) is 9.59 Å². The van der Waals surface area contributed by atoms with E-state index in [-0.39, 0.29) is 17.9 Å². The zero-order valence-corrected chi connectivity index (χ0v) is 13.6. The zero-order chi connectivity index (χ0) is 16.3. The van der Waals surface area contributed by atoms with Crippen LogP contribution >= 0.6 is 23.2 Å². The molecule has 1 saturated heterocycles. The molecule has 6 nitrogen and oxygen atoms in total. The predicted octanol–water partition coefficient (Wildman–Crippen LogP) is 2.73. The molecule has 1 heterocycles. The zero-order valence-electron chi connectivity index (χ0n) is 12.1. The highest BCUT2D eigenvalue weighted by molar-refractivity contribution is 6.42. The smallest absolute Gasteiger partial charge is 0.321 e. The van der Waals surface area contributed by atoms with Crippen molar-refractivity contribution < 1.29 is 14.3 Å². The molecule has 3 N–H and O–H groups in total. The first-order chi connectivity index (χ1) is 10.4. The molecule has 22 heavy (non-hydrogen) atoms. The van der Waals surface area contributed by atoms with Gasteiger partial charge in [0.2, 0.25) is 5.91 Å². The number of urea groups is 1. The second-order valence-electron chi connectivity index (χ2n) is 5.08. The number of primary amides is 1. The van der Waals surface area contributed by atoms with E-state index >= 15 is 0 Å². The van der Waals surface area contributed by atoms with Gasteiger partial charge in [-0.15, -0.1) is 0 Å². The van der Waals surface area contributed by atoms with E-state index in [0.29, 0.717) is 41.0 Å². The van der Waals surface area contributed by atoms with Crippen LogP contribution in [0, 0.1) is 5.92 Å². The molecule has 0 spiro atoms. The number of carbonyl (C=O) groups excluding carboxylic acids is 2. The lowest BCUT2D eigenvalue weighted by atomic mass is 9.98. The monoisotopic (exact) mass is 345 g/mol. The van der Waals surface area contributed by atoms with Gasteiger partial charge in [-0.1, -0.05) is 23.2 Å². The number of carbonyl (C=O) groups is 2. The van der Waals surface area contributed by atoms with E-state index in [1.54, 1.807) is 4.90 Å². The summed E-state index contributed by atoms with van der Waals surface area (Å²) >= 11 is 11.9. The number of rotatable bonds is 3. The Balaban J connectivity index is 2.11. The van der Waals surface area contributed by atoms with Crippen LogP contribution in [0.1, 0.15) is 12.8 Å². The molecule has 1 aromatic carbocycles. The number of nitrogens with zero attached hydrogens (tertiary/aromatic N) is 1. The molecule has 0 aliphatic carbocycles. The van der Waals surface area contributed by atoms with Crippen LogP contribution in [0.15, 0.2) is 12.1 Å². The molecule has 1 aliphatic heterocycles. The molecule has 8 heteroatoms. The van der Waals surface area contributed by atoms with Crippen LogP contribution < -0.4 is 15.8 Å². The summed E-state index contributed by atoms with van der Waals surface area (Å²) in [4.78, 5) is 25.2. The number of nitrogens with two attached hydrogens (primary N) is 1. The number of piperidine rings is 1. The Labute approximate surface area is 138 Å². The second-order valence-corrected chi connectivity index (χ2v) is 5.90. The molecule has 1 fully saturated rings. The molecule has 1 atom stereocenters. The standard InChI is InChI=1S/C14H17Cl2N3O3/c1-22-12-6-10(16)9(15)5-11(12)18-14(21)19-4-2-3-8(7-19)13(17)20/h5-6,8H,2-4,7H2,1H3,(H2,17,20)(H,18,21)/t8-/m0/s1. The van der Waals surface area contributed by atoms with Crippen molar-refractivity contribution in [2.24, 2.45) is 11.7 Å². The van der Waals surface area contributed by atoms with E-state index in [0.717, 1.165) is 6.42 Å². The fraction of sp³-hybridized carbons (Fsp3) is 0.429. The number of nitrogens with one attached hydrogen (secondary N) is 1. The molecule has 3 amide bonds. The van der Waals surface area contributed by atoms with Crippen molar-refractivity contribution in [3.05, 3.63) is 22.2 Å². The van der Waals surface area contributed by atoms with Crippen LogP contribution in [0.4, 0.5) is 10.5 Å². The number of methoxy groups -OCH3 is 1. The average Bonchev–Trinajstić information content (AvgIpc) is 2.50. The van der Waals surface area contributed by atoms with Crippen LogP contribution in [-0.4, -0.2) is 37.0 Å². The lowest BCUT2D eigenvalue weighted by Crippen LogP contribution is -2.45. The molecule has 0 bridgehead atoms. The van der Waals surface area contributed by atoms with E-state index in [1.807, 2.05) is 0 Å². The van der Waals surface area contributed by atoms with E-state index in [4.69, 9.17) is 33.7 Å². The third kappa shape index (κ3) is 3.75. The van der Waals surface area contributed by atoms with Crippen LogP contribution in [-0.2, 0) is 4.79 Å². The van der Waals surface area contributed by atoms with Crippen LogP contribution in [0.2, 0.25) is 10.0 Å². The first-order valence-electron chi connectivity index (χ1n) is 6.80. The lowest BCUT2D eigenvalue weighted by Gasteiger charge is -2.31. The van der Waals surface area contributed by atoms with Gasteiger partial charge in [0.1, 0.15) is 5.75 Å². The summed E-state index contributed by atoms with van der Waals surface area (Å²) in [5, 5.41) is 3.37.